The molecule has 2 aliphatic rings. The Hall–Kier alpha value is -1.25. The average molecular weight is 441 g/mol. The highest BCUT2D eigenvalue weighted by Crippen LogP contribution is 2.52. The maximum absolute atomic E-state index is 12.9. The maximum Gasteiger partial charge on any atom is 0.407 e. The second kappa shape index (κ2) is 8.86. The third-order valence-corrected chi connectivity index (χ3v) is 12.9. The number of nitrogens with zero attached hydrogens (tertiary/aromatic N) is 1. The summed E-state index contributed by atoms with van der Waals surface area (Å²) < 4.78 is 11.6. The van der Waals surface area contributed by atoms with Crippen LogP contribution in [0.5, 0.6) is 0 Å². The molecule has 0 saturated carbocycles. The summed E-state index contributed by atoms with van der Waals surface area (Å²) in [5.74, 6) is 0.465. The SMILES string of the molecule is C=CCOC(=O)NCC1=C(C)N2C(=O)[C@H]([C@@H](C)O[Si](C)(C)C(C)(C)C(C)C)[C@H]2S1. The van der Waals surface area contributed by atoms with E-state index in [4.69, 9.17) is 9.16 Å². The molecule has 1 saturated heterocycles. The highest BCUT2D eigenvalue weighted by molar-refractivity contribution is 8.04. The number of carbonyl (C=O) groups is 2. The summed E-state index contributed by atoms with van der Waals surface area (Å²) in [6.45, 7) is 21.5. The predicted octanol–water partition coefficient (Wildman–Crippen LogP) is 4.71. The number of hydrogen-bond donors (Lipinski definition) is 1. The van der Waals surface area contributed by atoms with Crippen molar-refractivity contribution < 1.29 is 18.8 Å². The van der Waals surface area contributed by atoms with Crippen LogP contribution in [-0.4, -0.2) is 49.8 Å². The van der Waals surface area contributed by atoms with Crippen LogP contribution in [-0.2, 0) is 14.0 Å². The van der Waals surface area contributed by atoms with Gasteiger partial charge in [0.2, 0.25) is 5.91 Å². The summed E-state index contributed by atoms with van der Waals surface area (Å²) in [7, 11) is -2.03. The van der Waals surface area contributed by atoms with Crippen LogP contribution in [0, 0.1) is 11.8 Å². The number of carbonyl (C=O) groups excluding carboxylic acids is 2. The van der Waals surface area contributed by atoms with Crippen LogP contribution in [0.4, 0.5) is 4.79 Å². The molecule has 8 heteroatoms. The number of amides is 2. The number of thioether (sulfide) groups is 1. The van der Waals surface area contributed by atoms with E-state index < -0.39 is 14.4 Å². The van der Waals surface area contributed by atoms with Crippen LogP contribution in [0.1, 0.15) is 41.5 Å². The van der Waals surface area contributed by atoms with Crippen LogP contribution in [0.15, 0.2) is 23.3 Å². The Morgan fingerprint density at radius 2 is 2.00 bits per heavy atom. The quantitative estimate of drug-likeness (QED) is 0.319. The minimum atomic E-state index is -2.03. The van der Waals surface area contributed by atoms with E-state index in [2.05, 4.69) is 52.7 Å². The Labute approximate surface area is 180 Å². The first-order chi connectivity index (χ1) is 13.3. The van der Waals surface area contributed by atoms with E-state index in [1.807, 2.05) is 18.7 Å². The summed E-state index contributed by atoms with van der Waals surface area (Å²) in [6.07, 6.45) is 0.910. The molecule has 2 aliphatic heterocycles. The molecule has 0 aromatic heterocycles. The van der Waals surface area contributed by atoms with Crippen LogP contribution >= 0.6 is 11.8 Å². The Kier molecular flexibility index (Phi) is 7.33. The zero-order chi connectivity index (χ0) is 22.1. The molecule has 0 unspecified atom stereocenters. The smallest absolute Gasteiger partial charge is 0.407 e. The van der Waals surface area contributed by atoms with Crippen LogP contribution < -0.4 is 5.32 Å². The standard InChI is InChI=1S/C21H36N2O4SSi/c1-10-11-26-20(25)22-12-16-14(4)23-18(24)17(19(23)28-16)15(5)27-29(8,9)21(6,7)13(2)3/h10,13,15,17,19H,1,11-12H2,2-9H3,(H,22,25)/t15-,17+,19-/m1/s1. The lowest BCUT2D eigenvalue weighted by atomic mass is 9.92. The Balaban J connectivity index is 2.00. The van der Waals surface area contributed by atoms with Gasteiger partial charge < -0.3 is 19.4 Å². The van der Waals surface area contributed by atoms with E-state index in [-0.39, 0.29) is 34.9 Å². The number of alkyl carbamates (subject to hydrolysis) is 1. The van der Waals surface area contributed by atoms with Crippen molar-refractivity contribution in [3.8, 4) is 0 Å². The number of hydrogen-bond acceptors (Lipinski definition) is 5. The lowest BCUT2D eigenvalue weighted by molar-refractivity contribution is -0.151. The fourth-order valence-corrected chi connectivity index (χ4v) is 8.00. The fourth-order valence-electron chi connectivity index (χ4n) is 3.66. The maximum atomic E-state index is 12.9. The first-order valence-electron chi connectivity index (χ1n) is 10.2. The fraction of sp³-hybridized carbons (Fsp3) is 0.714. The molecule has 3 atom stereocenters. The third-order valence-electron chi connectivity index (χ3n) is 6.82. The molecule has 0 radical (unpaired) electrons. The van der Waals surface area contributed by atoms with Gasteiger partial charge in [0.25, 0.3) is 0 Å². The molecule has 0 aromatic rings. The van der Waals surface area contributed by atoms with Gasteiger partial charge in [-0.2, -0.15) is 0 Å². The lowest BCUT2D eigenvalue weighted by Crippen LogP contribution is -2.62. The molecular formula is C21H36N2O4SSi. The molecule has 1 fully saturated rings. The van der Waals surface area contributed by atoms with E-state index in [9.17, 15) is 9.59 Å². The molecule has 2 rings (SSSR count). The second-order valence-electron chi connectivity index (χ2n) is 9.20. The van der Waals surface area contributed by atoms with Crippen LogP contribution in [0.25, 0.3) is 0 Å². The third kappa shape index (κ3) is 4.59. The molecule has 1 N–H and O–H groups in total. The van der Waals surface area contributed by atoms with Crippen molar-refractivity contribution in [1.82, 2.24) is 10.2 Å². The summed E-state index contributed by atoms with van der Waals surface area (Å²) in [6, 6.07) is 0. The number of allylic oxidation sites excluding steroid dienone is 1. The Bertz CT molecular complexity index is 705. The van der Waals surface area contributed by atoms with E-state index in [0.29, 0.717) is 12.5 Å². The molecular weight excluding hydrogens is 404 g/mol. The number of β-lactam (4-membered cyclic amide) rings is 1. The van der Waals surface area contributed by atoms with Crippen LogP contribution in [0.3, 0.4) is 0 Å². The Morgan fingerprint density at radius 3 is 2.55 bits per heavy atom. The first-order valence-corrected chi connectivity index (χ1v) is 14.0. The van der Waals surface area contributed by atoms with E-state index in [0.717, 1.165) is 10.6 Å². The largest absolute Gasteiger partial charge is 0.445 e. The molecule has 2 amide bonds. The van der Waals surface area contributed by atoms with Crippen molar-refractivity contribution in [2.75, 3.05) is 13.2 Å². The van der Waals surface area contributed by atoms with Gasteiger partial charge in [0, 0.05) is 10.6 Å². The summed E-state index contributed by atoms with van der Waals surface area (Å²) in [5, 5.41) is 2.89. The monoisotopic (exact) mass is 440 g/mol. The average Bonchev–Trinajstić information content (AvgIpc) is 2.88. The minimum Gasteiger partial charge on any atom is -0.445 e. The summed E-state index contributed by atoms with van der Waals surface area (Å²) >= 11 is 1.64. The zero-order valence-corrected chi connectivity index (χ0v) is 20.8. The van der Waals surface area contributed by atoms with Crippen molar-refractivity contribution in [1.29, 1.82) is 0 Å². The molecule has 0 bridgehead atoms. The molecule has 0 spiro atoms. The van der Waals surface area contributed by atoms with E-state index >= 15 is 0 Å². The molecule has 0 aromatic carbocycles. The first kappa shape index (κ1) is 24.0. The van der Waals surface area contributed by atoms with Crippen LogP contribution in [0.2, 0.25) is 18.1 Å². The van der Waals surface area contributed by atoms with Gasteiger partial charge in [-0.15, -0.1) is 11.8 Å². The molecule has 2 heterocycles. The lowest BCUT2D eigenvalue weighted by Gasteiger charge is -2.49. The van der Waals surface area contributed by atoms with Crippen molar-refractivity contribution in [3.63, 3.8) is 0 Å². The second-order valence-corrected chi connectivity index (χ2v) is 15.0. The van der Waals surface area contributed by atoms with Gasteiger partial charge in [-0.3, -0.25) is 4.79 Å². The summed E-state index contributed by atoms with van der Waals surface area (Å²) in [5.41, 5.74) is 0.913. The van der Waals surface area contributed by atoms with Gasteiger partial charge in [-0.05, 0) is 37.9 Å². The molecule has 6 nitrogen and oxygen atoms in total. The molecule has 0 aliphatic carbocycles. The number of nitrogens with one attached hydrogen (secondary N) is 1. The van der Waals surface area contributed by atoms with E-state index in [1.165, 1.54) is 6.08 Å². The van der Waals surface area contributed by atoms with Crippen molar-refractivity contribution in [2.45, 2.75) is 71.2 Å². The Morgan fingerprint density at radius 1 is 1.38 bits per heavy atom. The van der Waals surface area contributed by atoms with Gasteiger partial charge in [0.05, 0.1) is 18.6 Å². The van der Waals surface area contributed by atoms with Gasteiger partial charge in [-0.25, -0.2) is 4.79 Å². The van der Waals surface area contributed by atoms with E-state index in [1.54, 1.807) is 11.8 Å². The molecule has 164 valence electrons. The molecule has 29 heavy (non-hydrogen) atoms. The van der Waals surface area contributed by atoms with Gasteiger partial charge in [0.15, 0.2) is 8.32 Å². The van der Waals surface area contributed by atoms with Crippen molar-refractivity contribution in [2.24, 2.45) is 11.8 Å². The van der Waals surface area contributed by atoms with Crippen molar-refractivity contribution in [3.05, 3.63) is 23.3 Å². The highest BCUT2D eigenvalue weighted by atomic mass is 32.2. The topological polar surface area (TPSA) is 67.9 Å². The zero-order valence-electron chi connectivity index (χ0n) is 19.0. The van der Waals surface area contributed by atoms with Gasteiger partial charge in [0.1, 0.15) is 12.0 Å². The number of ether oxygens (including phenoxy) is 1. The number of rotatable bonds is 9. The predicted molar refractivity (Wildman–Crippen MR) is 121 cm³/mol. The highest BCUT2D eigenvalue weighted by Gasteiger charge is 2.57. The minimum absolute atomic E-state index is 0.0467. The number of fused-ring (bicyclic) bond motifs is 1. The van der Waals surface area contributed by atoms with Gasteiger partial charge >= 0.3 is 6.09 Å². The van der Waals surface area contributed by atoms with Gasteiger partial charge in [-0.1, -0.05) is 40.3 Å². The normalized spacial score (nSPS) is 23.1. The summed E-state index contributed by atoms with van der Waals surface area (Å²) in [4.78, 5) is 27.4. The van der Waals surface area contributed by atoms with Crippen molar-refractivity contribution >= 4 is 32.1 Å².